The maximum atomic E-state index is 14.0. The number of nitrogens with zero attached hydrogens (tertiary/aromatic N) is 1. The quantitative estimate of drug-likeness (QED) is 0.492. The predicted molar refractivity (Wildman–Crippen MR) is 109 cm³/mol. The summed E-state index contributed by atoms with van der Waals surface area (Å²) in [4.78, 5) is 13.8. The summed E-state index contributed by atoms with van der Waals surface area (Å²) in [5.41, 5.74) is -2.88. The SMILES string of the molecule is COCOCCN1C(=O)CCC1COc1ccc2c(c1)C(O)(C(F)(F)F)c1ccccc1-2. The third kappa shape index (κ3) is 3.85. The zero-order chi connectivity index (χ0) is 22.9. The molecule has 2 aromatic rings. The zero-order valence-electron chi connectivity index (χ0n) is 17.5. The number of carbonyl (C=O) groups is 1. The summed E-state index contributed by atoms with van der Waals surface area (Å²) >= 11 is 0. The van der Waals surface area contributed by atoms with Gasteiger partial charge >= 0.3 is 6.18 Å². The zero-order valence-corrected chi connectivity index (χ0v) is 17.5. The number of fused-ring (bicyclic) bond motifs is 3. The van der Waals surface area contributed by atoms with Crippen molar-refractivity contribution in [2.75, 3.05) is 33.7 Å². The van der Waals surface area contributed by atoms with Crippen LogP contribution in [0.3, 0.4) is 0 Å². The Hall–Kier alpha value is -2.62. The number of methoxy groups -OCH3 is 1. The molecule has 172 valence electrons. The van der Waals surface area contributed by atoms with Crippen molar-refractivity contribution < 1.29 is 37.3 Å². The summed E-state index contributed by atoms with van der Waals surface area (Å²) in [5.74, 6) is 0.185. The minimum absolute atomic E-state index is 0.0181. The lowest BCUT2D eigenvalue weighted by Gasteiger charge is -2.29. The van der Waals surface area contributed by atoms with E-state index in [0.29, 0.717) is 37.1 Å². The summed E-state index contributed by atoms with van der Waals surface area (Å²) in [6.07, 6.45) is -3.93. The van der Waals surface area contributed by atoms with Gasteiger partial charge in [-0.25, -0.2) is 0 Å². The Kier molecular flexibility index (Phi) is 6.15. The summed E-state index contributed by atoms with van der Waals surface area (Å²) in [6.45, 7) is 0.949. The summed E-state index contributed by atoms with van der Waals surface area (Å²) in [7, 11) is 1.51. The molecule has 1 fully saturated rings. The van der Waals surface area contributed by atoms with Crippen LogP contribution in [-0.2, 0) is 19.9 Å². The first kappa shape index (κ1) is 22.6. The highest BCUT2D eigenvalue weighted by Gasteiger charge is 2.60. The highest BCUT2D eigenvalue weighted by molar-refractivity contribution is 5.81. The molecule has 1 amide bonds. The monoisotopic (exact) mass is 451 g/mol. The third-order valence-corrected chi connectivity index (χ3v) is 5.97. The first-order chi connectivity index (χ1) is 15.3. The van der Waals surface area contributed by atoms with Crippen LogP contribution in [0.4, 0.5) is 13.2 Å². The Bertz CT molecular complexity index is 996. The van der Waals surface area contributed by atoms with Crippen LogP contribution in [0, 0.1) is 0 Å². The number of hydrogen-bond acceptors (Lipinski definition) is 5. The van der Waals surface area contributed by atoms with E-state index >= 15 is 0 Å². The second-order valence-electron chi connectivity index (χ2n) is 7.87. The van der Waals surface area contributed by atoms with Gasteiger partial charge in [-0.1, -0.05) is 30.3 Å². The lowest BCUT2D eigenvalue weighted by atomic mass is 9.90. The minimum atomic E-state index is -4.90. The predicted octanol–water partition coefficient (Wildman–Crippen LogP) is 3.46. The van der Waals surface area contributed by atoms with Crippen LogP contribution in [0.5, 0.6) is 5.75 Å². The molecule has 4 rings (SSSR count). The fourth-order valence-corrected chi connectivity index (χ4v) is 4.40. The van der Waals surface area contributed by atoms with Gasteiger partial charge in [-0.05, 0) is 29.7 Å². The number of carbonyl (C=O) groups excluding carboxylic acids is 1. The van der Waals surface area contributed by atoms with Crippen molar-refractivity contribution in [1.29, 1.82) is 0 Å². The van der Waals surface area contributed by atoms with Gasteiger partial charge in [-0.2, -0.15) is 13.2 Å². The van der Waals surface area contributed by atoms with Gasteiger partial charge in [0, 0.05) is 31.2 Å². The van der Waals surface area contributed by atoms with E-state index in [1.165, 1.54) is 31.4 Å². The molecular weight excluding hydrogens is 427 g/mol. The maximum absolute atomic E-state index is 14.0. The van der Waals surface area contributed by atoms with Crippen LogP contribution >= 0.6 is 0 Å². The Morgan fingerprint density at radius 1 is 1.16 bits per heavy atom. The van der Waals surface area contributed by atoms with E-state index in [4.69, 9.17) is 14.2 Å². The topological polar surface area (TPSA) is 68.2 Å². The Morgan fingerprint density at radius 3 is 2.66 bits per heavy atom. The van der Waals surface area contributed by atoms with Crippen molar-refractivity contribution in [3.8, 4) is 16.9 Å². The summed E-state index contributed by atoms with van der Waals surface area (Å²) < 4.78 is 57.8. The van der Waals surface area contributed by atoms with Crippen LogP contribution in [0.1, 0.15) is 24.0 Å². The normalized spacial score (nSPS) is 22.2. The molecule has 2 aliphatic rings. The first-order valence-electron chi connectivity index (χ1n) is 10.3. The van der Waals surface area contributed by atoms with Crippen LogP contribution in [0.25, 0.3) is 11.1 Å². The number of aliphatic hydroxyl groups is 1. The van der Waals surface area contributed by atoms with E-state index in [2.05, 4.69) is 0 Å². The van der Waals surface area contributed by atoms with Gasteiger partial charge in [0.2, 0.25) is 11.5 Å². The lowest BCUT2D eigenvalue weighted by Crippen LogP contribution is -2.41. The Balaban J connectivity index is 1.52. The van der Waals surface area contributed by atoms with Gasteiger partial charge in [0.25, 0.3) is 0 Å². The van der Waals surface area contributed by atoms with Gasteiger partial charge in [0.05, 0.1) is 12.6 Å². The number of amides is 1. The van der Waals surface area contributed by atoms with Crippen molar-refractivity contribution in [2.45, 2.75) is 30.7 Å². The molecule has 9 heteroatoms. The standard InChI is InChI=1S/C23H24F3NO5/c1-30-14-31-11-10-27-15(6-9-21(27)28)13-32-16-7-8-18-17-4-2-3-5-19(17)22(29,20(18)12-16)23(24,25)26/h2-5,7-8,12,15,29H,6,9-11,13-14H2,1H3. The molecule has 32 heavy (non-hydrogen) atoms. The second-order valence-corrected chi connectivity index (χ2v) is 7.87. The summed E-state index contributed by atoms with van der Waals surface area (Å²) in [6, 6.07) is 10.1. The fraction of sp³-hybridized carbons (Fsp3) is 0.435. The van der Waals surface area contributed by atoms with Gasteiger partial charge in [-0.3, -0.25) is 4.79 Å². The summed E-state index contributed by atoms with van der Waals surface area (Å²) in [5, 5.41) is 10.8. The first-order valence-corrected chi connectivity index (χ1v) is 10.3. The van der Waals surface area contributed by atoms with E-state index in [1.807, 2.05) is 0 Å². The molecule has 0 radical (unpaired) electrons. The molecule has 1 N–H and O–H groups in total. The molecule has 0 spiro atoms. The minimum Gasteiger partial charge on any atom is -0.491 e. The molecule has 1 heterocycles. The van der Waals surface area contributed by atoms with Gasteiger partial charge in [0.1, 0.15) is 19.1 Å². The number of rotatable bonds is 8. The molecule has 1 aliphatic heterocycles. The number of likely N-dealkylation sites (tertiary alicyclic amines) is 1. The number of benzene rings is 2. The average Bonchev–Trinajstić information content (AvgIpc) is 3.25. The smallest absolute Gasteiger partial charge is 0.425 e. The average molecular weight is 451 g/mol. The largest absolute Gasteiger partial charge is 0.491 e. The van der Waals surface area contributed by atoms with Crippen molar-refractivity contribution in [2.24, 2.45) is 0 Å². The van der Waals surface area contributed by atoms with E-state index in [-0.39, 0.29) is 42.2 Å². The number of halogens is 3. The van der Waals surface area contributed by atoms with Crippen LogP contribution in [-0.4, -0.2) is 61.8 Å². The fourth-order valence-electron chi connectivity index (χ4n) is 4.40. The second kappa shape index (κ2) is 8.73. The molecule has 0 aromatic heterocycles. The molecule has 0 saturated carbocycles. The van der Waals surface area contributed by atoms with Crippen molar-refractivity contribution in [3.05, 3.63) is 53.6 Å². The van der Waals surface area contributed by atoms with E-state index in [1.54, 1.807) is 23.1 Å². The molecule has 2 atom stereocenters. The number of hydrogen-bond donors (Lipinski definition) is 1. The molecule has 6 nitrogen and oxygen atoms in total. The molecule has 2 aromatic carbocycles. The Morgan fingerprint density at radius 2 is 1.91 bits per heavy atom. The van der Waals surface area contributed by atoms with Crippen molar-refractivity contribution >= 4 is 5.91 Å². The van der Waals surface area contributed by atoms with E-state index in [9.17, 15) is 23.1 Å². The third-order valence-electron chi connectivity index (χ3n) is 5.97. The highest BCUT2D eigenvalue weighted by atomic mass is 19.4. The van der Waals surface area contributed by atoms with Gasteiger partial charge in [0.15, 0.2) is 0 Å². The van der Waals surface area contributed by atoms with Gasteiger partial charge < -0.3 is 24.2 Å². The van der Waals surface area contributed by atoms with Crippen LogP contribution in [0.2, 0.25) is 0 Å². The van der Waals surface area contributed by atoms with Crippen molar-refractivity contribution in [1.82, 2.24) is 4.90 Å². The van der Waals surface area contributed by atoms with Crippen LogP contribution < -0.4 is 4.74 Å². The molecule has 1 aliphatic carbocycles. The van der Waals surface area contributed by atoms with Crippen LogP contribution in [0.15, 0.2) is 42.5 Å². The van der Waals surface area contributed by atoms with E-state index < -0.39 is 11.8 Å². The van der Waals surface area contributed by atoms with E-state index in [0.717, 1.165) is 0 Å². The highest BCUT2D eigenvalue weighted by Crippen LogP contribution is 2.55. The molecule has 2 unspecified atom stereocenters. The lowest BCUT2D eigenvalue weighted by molar-refractivity contribution is -0.246. The van der Waals surface area contributed by atoms with Gasteiger partial charge in [-0.15, -0.1) is 0 Å². The number of ether oxygens (including phenoxy) is 3. The van der Waals surface area contributed by atoms with Crippen molar-refractivity contribution in [3.63, 3.8) is 0 Å². The molecule has 0 bridgehead atoms. The Labute approximate surface area is 183 Å². The maximum Gasteiger partial charge on any atom is 0.425 e. The number of alkyl halides is 3. The molecular formula is C23H24F3NO5. The molecule has 1 saturated heterocycles.